The van der Waals surface area contributed by atoms with Crippen LogP contribution in [0.15, 0.2) is 4.99 Å². The molecule has 6 heteroatoms. The molecule has 1 aliphatic heterocycles. The molecule has 2 aliphatic rings. The largest absolute Gasteiger partial charge is 0.462 e. The van der Waals surface area contributed by atoms with E-state index < -0.39 is 0 Å². The van der Waals surface area contributed by atoms with Crippen LogP contribution in [0.3, 0.4) is 0 Å². The normalized spacial score (nSPS) is 21.3. The van der Waals surface area contributed by atoms with Gasteiger partial charge in [0.15, 0.2) is 5.96 Å². The lowest BCUT2D eigenvalue weighted by Crippen LogP contribution is -2.41. The first-order valence-corrected chi connectivity index (χ1v) is 11.1. The number of carbonyl (C=O) groups is 1. The van der Waals surface area contributed by atoms with Crippen molar-refractivity contribution in [1.29, 1.82) is 0 Å². The third-order valence-corrected chi connectivity index (χ3v) is 5.73. The third kappa shape index (κ3) is 7.68. The van der Waals surface area contributed by atoms with E-state index in [2.05, 4.69) is 35.9 Å². The van der Waals surface area contributed by atoms with Crippen LogP contribution < -0.4 is 5.32 Å². The van der Waals surface area contributed by atoms with E-state index in [-0.39, 0.29) is 12.1 Å². The van der Waals surface area contributed by atoms with Gasteiger partial charge in [-0.1, -0.05) is 13.8 Å². The SMILES string of the molecule is CCNC(=NCCCC(=O)OC1CCCC1)N1CCC(CN(CC)CC)C1. The number of ether oxygens (including phenoxy) is 1. The number of guanidine groups is 1. The van der Waals surface area contributed by atoms with Crippen LogP contribution in [0.25, 0.3) is 0 Å². The number of hydrogen-bond donors (Lipinski definition) is 1. The molecule has 0 bridgehead atoms. The van der Waals surface area contributed by atoms with Crippen LogP contribution >= 0.6 is 0 Å². The molecular weight excluding hydrogens is 340 g/mol. The molecule has 1 saturated heterocycles. The van der Waals surface area contributed by atoms with Crippen molar-refractivity contribution in [2.45, 2.75) is 71.8 Å². The Morgan fingerprint density at radius 2 is 1.93 bits per heavy atom. The second-order valence-corrected chi connectivity index (χ2v) is 7.82. The van der Waals surface area contributed by atoms with Crippen molar-refractivity contribution in [3.05, 3.63) is 0 Å². The Kier molecular flexibility index (Phi) is 9.95. The summed E-state index contributed by atoms with van der Waals surface area (Å²) in [6.07, 6.45) is 7.11. The highest BCUT2D eigenvalue weighted by atomic mass is 16.5. The molecule has 27 heavy (non-hydrogen) atoms. The van der Waals surface area contributed by atoms with Gasteiger partial charge in [0.05, 0.1) is 0 Å². The van der Waals surface area contributed by atoms with Crippen molar-refractivity contribution >= 4 is 11.9 Å². The maximum atomic E-state index is 11.9. The average molecular weight is 381 g/mol. The van der Waals surface area contributed by atoms with Crippen molar-refractivity contribution in [3.63, 3.8) is 0 Å². The molecule has 1 unspecified atom stereocenters. The summed E-state index contributed by atoms with van der Waals surface area (Å²) in [5, 5.41) is 3.42. The van der Waals surface area contributed by atoms with Gasteiger partial charge >= 0.3 is 5.97 Å². The Balaban J connectivity index is 1.72. The number of likely N-dealkylation sites (tertiary alicyclic amines) is 1. The molecule has 156 valence electrons. The van der Waals surface area contributed by atoms with Gasteiger partial charge in [0.2, 0.25) is 0 Å². The summed E-state index contributed by atoms with van der Waals surface area (Å²) in [4.78, 5) is 21.6. The highest BCUT2D eigenvalue weighted by molar-refractivity contribution is 5.80. The smallest absolute Gasteiger partial charge is 0.306 e. The number of nitrogens with zero attached hydrogens (tertiary/aromatic N) is 3. The molecule has 1 aliphatic carbocycles. The fraction of sp³-hybridized carbons (Fsp3) is 0.905. The molecule has 1 N–H and O–H groups in total. The second-order valence-electron chi connectivity index (χ2n) is 7.82. The lowest BCUT2D eigenvalue weighted by atomic mass is 10.1. The van der Waals surface area contributed by atoms with Gasteiger partial charge in [-0.05, 0) is 64.5 Å². The predicted octanol–water partition coefficient (Wildman–Crippen LogP) is 2.88. The molecule has 0 radical (unpaired) electrons. The molecule has 1 atom stereocenters. The minimum Gasteiger partial charge on any atom is -0.462 e. The first kappa shape index (κ1) is 22.0. The van der Waals surface area contributed by atoms with Gasteiger partial charge in [-0.2, -0.15) is 0 Å². The van der Waals surface area contributed by atoms with Gasteiger partial charge < -0.3 is 19.9 Å². The van der Waals surface area contributed by atoms with E-state index in [1.807, 2.05) is 0 Å². The van der Waals surface area contributed by atoms with Crippen LogP contribution in [0.2, 0.25) is 0 Å². The van der Waals surface area contributed by atoms with Crippen LogP contribution in [0, 0.1) is 5.92 Å². The average Bonchev–Trinajstić information content (AvgIpc) is 3.34. The Morgan fingerprint density at radius 3 is 2.59 bits per heavy atom. The first-order chi connectivity index (χ1) is 13.2. The summed E-state index contributed by atoms with van der Waals surface area (Å²) >= 11 is 0. The van der Waals surface area contributed by atoms with Gasteiger partial charge in [0.25, 0.3) is 0 Å². The predicted molar refractivity (Wildman–Crippen MR) is 111 cm³/mol. The van der Waals surface area contributed by atoms with Gasteiger partial charge in [0, 0.05) is 39.1 Å². The van der Waals surface area contributed by atoms with Crippen molar-refractivity contribution in [2.24, 2.45) is 10.9 Å². The number of nitrogens with one attached hydrogen (secondary N) is 1. The highest BCUT2D eigenvalue weighted by Gasteiger charge is 2.26. The van der Waals surface area contributed by atoms with E-state index in [0.29, 0.717) is 13.0 Å². The van der Waals surface area contributed by atoms with Crippen molar-refractivity contribution < 1.29 is 9.53 Å². The zero-order valence-electron chi connectivity index (χ0n) is 17.7. The zero-order valence-corrected chi connectivity index (χ0v) is 17.7. The summed E-state index contributed by atoms with van der Waals surface area (Å²) in [7, 11) is 0. The topological polar surface area (TPSA) is 57.2 Å². The molecule has 0 aromatic heterocycles. The van der Waals surface area contributed by atoms with E-state index in [4.69, 9.17) is 9.73 Å². The molecule has 2 rings (SSSR count). The Hall–Kier alpha value is -1.30. The first-order valence-electron chi connectivity index (χ1n) is 11.1. The maximum absolute atomic E-state index is 11.9. The standard InChI is InChI=1S/C21H40N4O2/c1-4-22-21(25-15-13-18(17-25)16-24(5-2)6-3)23-14-9-12-20(26)27-19-10-7-8-11-19/h18-19H,4-17H2,1-3H3,(H,22,23). The molecule has 0 amide bonds. The quantitative estimate of drug-likeness (QED) is 0.273. The number of aliphatic imine (C=N–C) groups is 1. The van der Waals surface area contributed by atoms with E-state index in [1.165, 1.54) is 25.8 Å². The molecule has 0 aromatic rings. The molecule has 2 fully saturated rings. The van der Waals surface area contributed by atoms with Crippen LogP contribution in [0.5, 0.6) is 0 Å². The number of hydrogen-bond acceptors (Lipinski definition) is 4. The van der Waals surface area contributed by atoms with E-state index in [9.17, 15) is 4.79 Å². The summed E-state index contributed by atoms with van der Waals surface area (Å²) in [6, 6.07) is 0. The molecular formula is C21H40N4O2. The summed E-state index contributed by atoms with van der Waals surface area (Å²) in [5.41, 5.74) is 0. The van der Waals surface area contributed by atoms with E-state index >= 15 is 0 Å². The van der Waals surface area contributed by atoms with Crippen molar-refractivity contribution in [2.75, 3.05) is 45.8 Å². The summed E-state index contributed by atoms with van der Waals surface area (Å²) < 4.78 is 5.52. The Morgan fingerprint density at radius 1 is 1.19 bits per heavy atom. The van der Waals surface area contributed by atoms with Crippen molar-refractivity contribution in [1.82, 2.24) is 15.1 Å². The van der Waals surface area contributed by atoms with Crippen LogP contribution in [-0.2, 0) is 9.53 Å². The van der Waals surface area contributed by atoms with Gasteiger partial charge in [-0.25, -0.2) is 0 Å². The molecule has 1 saturated carbocycles. The maximum Gasteiger partial charge on any atom is 0.306 e. The second kappa shape index (κ2) is 12.2. The van der Waals surface area contributed by atoms with Gasteiger partial charge in [-0.3, -0.25) is 9.79 Å². The number of esters is 1. The van der Waals surface area contributed by atoms with Crippen LogP contribution in [0.1, 0.15) is 65.7 Å². The Bertz CT molecular complexity index is 459. The fourth-order valence-corrected chi connectivity index (χ4v) is 4.11. The summed E-state index contributed by atoms with van der Waals surface area (Å²) in [6.45, 7) is 13.7. The minimum atomic E-state index is -0.0532. The lowest BCUT2D eigenvalue weighted by Gasteiger charge is -2.24. The summed E-state index contributed by atoms with van der Waals surface area (Å²) in [5.74, 6) is 1.67. The van der Waals surface area contributed by atoms with Gasteiger partial charge in [0.1, 0.15) is 6.10 Å². The zero-order chi connectivity index (χ0) is 19.5. The van der Waals surface area contributed by atoms with Crippen molar-refractivity contribution in [3.8, 4) is 0 Å². The van der Waals surface area contributed by atoms with Gasteiger partial charge in [-0.15, -0.1) is 0 Å². The fourth-order valence-electron chi connectivity index (χ4n) is 4.11. The molecule has 1 heterocycles. The molecule has 0 spiro atoms. The third-order valence-electron chi connectivity index (χ3n) is 5.73. The highest BCUT2D eigenvalue weighted by Crippen LogP contribution is 2.21. The number of rotatable bonds is 10. The van der Waals surface area contributed by atoms with Crippen LogP contribution in [0.4, 0.5) is 0 Å². The lowest BCUT2D eigenvalue weighted by molar-refractivity contribution is -0.148. The molecule has 0 aromatic carbocycles. The molecule has 6 nitrogen and oxygen atoms in total. The Labute approximate surface area is 165 Å². The monoisotopic (exact) mass is 380 g/mol. The van der Waals surface area contributed by atoms with E-state index in [0.717, 1.165) is 63.9 Å². The minimum absolute atomic E-state index is 0.0532. The van der Waals surface area contributed by atoms with E-state index in [1.54, 1.807) is 0 Å². The number of carbonyl (C=O) groups excluding carboxylic acids is 1. The van der Waals surface area contributed by atoms with Crippen LogP contribution in [-0.4, -0.2) is 73.6 Å².